The molecule has 8 heteroatoms. The Bertz CT molecular complexity index is 810. The molecule has 0 radical (unpaired) electrons. The molecule has 1 heterocycles. The van der Waals surface area contributed by atoms with E-state index >= 15 is 0 Å². The van der Waals surface area contributed by atoms with E-state index in [0.717, 1.165) is 0 Å². The Morgan fingerprint density at radius 1 is 1.43 bits per heavy atom. The fourth-order valence-corrected chi connectivity index (χ4v) is 2.51. The molecular formula is C13H12ClFN2O3S. The first kappa shape index (κ1) is 15.7. The van der Waals surface area contributed by atoms with Crippen LogP contribution in [-0.4, -0.2) is 27.8 Å². The summed E-state index contributed by atoms with van der Waals surface area (Å²) in [5, 5.41) is 3.77. The lowest BCUT2D eigenvalue weighted by molar-refractivity contribution is 0.100. The smallest absolute Gasteiger partial charge is 0.290 e. The first-order valence-electron chi connectivity index (χ1n) is 5.83. The maximum atomic E-state index is 14.0. The summed E-state index contributed by atoms with van der Waals surface area (Å²) in [6, 6.07) is 4.10. The van der Waals surface area contributed by atoms with Crippen molar-refractivity contribution >= 4 is 27.2 Å². The van der Waals surface area contributed by atoms with Gasteiger partial charge in [-0.2, -0.15) is 4.36 Å². The molecule has 0 N–H and O–H groups in total. The molecule has 2 rings (SSSR count). The molecule has 1 aromatic heterocycles. The van der Waals surface area contributed by atoms with Gasteiger partial charge in [0.25, 0.3) is 5.91 Å². The van der Waals surface area contributed by atoms with Crippen molar-refractivity contribution in [1.82, 2.24) is 5.16 Å². The fourth-order valence-electron chi connectivity index (χ4n) is 1.76. The zero-order valence-electron chi connectivity index (χ0n) is 11.5. The lowest BCUT2D eigenvalue weighted by atomic mass is 10.1. The number of aromatic nitrogens is 1. The molecule has 5 nitrogen and oxygen atoms in total. The van der Waals surface area contributed by atoms with Crippen LogP contribution >= 0.6 is 11.6 Å². The van der Waals surface area contributed by atoms with E-state index in [1.165, 1.54) is 37.6 Å². The highest BCUT2D eigenvalue weighted by Crippen LogP contribution is 2.33. The van der Waals surface area contributed by atoms with Crippen molar-refractivity contribution in [2.75, 3.05) is 12.5 Å². The van der Waals surface area contributed by atoms with Gasteiger partial charge in [-0.05, 0) is 19.1 Å². The van der Waals surface area contributed by atoms with E-state index in [-0.39, 0.29) is 27.6 Å². The molecule has 1 aromatic carbocycles. The zero-order valence-corrected chi connectivity index (χ0v) is 13.1. The Morgan fingerprint density at radius 2 is 2.10 bits per heavy atom. The average molecular weight is 331 g/mol. The summed E-state index contributed by atoms with van der Waals surface area (Å²) < 4.78 is 34.1. The second-order valence-electron chi connectivity index (χ2n) is 4.64. The summed E-state index contributed by atoms with van der Waals surface area (Å²) in [5.41, 5.74) is -0.139. The van der Waals surface area contributed by atoms with E-state index in [9.17, 15) is 13.4 Å². The predicted octanol–water partition coefficient (Wildman–Crippen LogP) is 3.31. The summed E-state index contributed by atoms with van der Waals surface area (Å²) in [6.07, 6.45) is 2.65. The van der Waals surface area contributed by atoms with Gasteiger partial charge in [0.2, 0.25) is 0 Å². The third-order valence-corrected chi connectivity index (χ3v) is 3.50. The quantitative estimate of drug-likeness (QED) is 0.846. The third kappa shape index (κ3) is 3.30. The van der Waals surface area contributed by atoms with Gasteiger partial charge in [-0.25, -0.2) is 8.60 Å². The van der Waals surface area contributed by atoms with Crippen molar-refractivity contribution in [3.8, 4) is 11.3 Å². The molecule has 21 heavy (non-hydrogen) atoms. The first-order chi connectivity index (χ1) is 9.70. The van der Waals surface area contributed by atoms with Gasteiger partial charge >= 0.3 is 0 Å². The minimum atomic E-state index is -2.66. The van der Waals surface area contributed by atoms with E-state index in [1.807, 2.05) is 0 Å². The molecule has 0 aliphatic carbocycles. The summed E-state index contributed by atoms with van der Waals surface area (Å²) >= 11 is 5.96. The van der Waals surface area contributed by atoms with Crippen LogP contribution in [0, 0.1) is 12.7 Å². The Balaban J connectivity index is 2.70. The van der Waals surface area contributed by atoms with Crippen LogP contribution in [0.3, 0.4) is 0 Å². The average Bonchev–Trinajstić information content (AvgIpc) is 2.68. The SMILES string of the molecule is Cc1onc(-c2c(F)cccc2Cl)c1C(=O)N=S(C)(C)=O. The van der Waals surface area contributed by atoms with E-state index in [4.69, 9.17) is 16.1 Å². The molecule has 0 spiro atoms. The summed E-state index contributed by atoms with van der Waals surface area (Å²) in [6.45, 7) is 1.49. The minimum Gasteiger partial charge on any atom is -0.360 e. The van der Waals surface area contributed by atoms with Crippen LogP contribution in [0.4, 0.5) is 4.39 Å². The highest BCUT2D eigenvalue weighted by molar-refractivity contribution is 7.92. The van der Waals surface area contributed by atoms with Gasteiger partial charge in [0.1, 0.15) is 22.8 Å². The van der Waals surface area contributed by atoms with Gasteiger partial charge in [0.15, 0.2) is 0 Å². The van der Waals surface area contributed by atoms with E-state index < -0.39 is 21.5 Å². The molecule has 0 saturated heterocycles. The van der Waals surface area contributed by atoms with E-state index in [1.54, 1.807) is 0 Å². The van der Waals surface area contributed by atoms with Crippen LogP contribution in [0.25, 0.3) is 11.3 Å². The largest absolute Gasteiger partial charge is 0.360 e. The van der Waals surface area contributed by atoms with Crippen molar-refractivity contribution in [3.05, 3.63) is 40.4 Å². The molecule has 0 unspecified atom stereocenters. The molecule has 112 valence electrons. The minimum absolute atomic E-state index is 0.0431. The molecule has 0 atom stereocenters. The van der Waals surface area contributed by atoms with E-state index in [0.29, 0.717) is 0 Å². The molecular weight excluding hydrogens is 319 g/mol. The molecule has 0 saturated carbocycles. The van der Waals surface area contributed by atoms with Gasteiger partial charge in [-0.15, -0.1) is 0 Å². The Labute approximate surface area is 126 Å². The van der Waals surface area contributed by atoms with Gasteiger partial charge in [-0.1, -0.05) is 22.8 Å². The van der Waals surface area contributed by atoms with Crippen LogP contribution in [0.5, 0.6) is 0 Å². The Hall–Kier alpha value is -1.73. The Kier molecular flexibility index (Phi) is 4.15. The van der Waals surface area contributed by atoms with E-state index in [2.05, 4.69) is 9.52 Å². The second-order valence-corrected chi connectivity index (χ2v) is 7.59. The highest BCUT2D eigenvalue weighted by atomic mass is 35.5. The lowest BCUT2D eigenvalue weighted by Gasteiger charge is -2.03. The maximum absolute atomic E-state index is 14.0. The molecule has 0 fully saturated rings. The zero-order chi connectivity index (χ0) is 15.8. The van der Waals surface area contributed by atoms with Gasteiger partial charge in [-0.3, -0.25) is 4.79 Å². The van der Waals surface area contributed by atoms with Crippen molar-refractivity contribution in [3.63, 3.8) is 0 Å². The number of hydrogen-bond donors (Lipinski definition) is 0. The number of nitrogens with zero attached hydrogens (tertiary/aromatic N) is 2. The van der Waals surface area contributed by atoms with Crippen LogP contribution in [0.2, 0.25) is 5.02 Å². The number of rotatable bonds is 2. The molecule has 0 bridgehead atoms. The van der Waals surface area contributed by atoms with Crippen molar-refractivity contribution < 1.29 is 17.9 Å². The van der Waals surface area contributed by atoms with Crippen LogP contribution < -0.4 is 0 Å². The number of halogens is 2. The van der Waals surface area contributed by atoms with Crippen LogP contribution in [0.1, 0.15) is 16.1 Å². The summed E-state index contributed by atoms with van der Waals surface area (Å²) in [7, 11) is -2.66. The normalized spacial score (nSPS) is 11.5. The molecule has 2 aromatic rings. The number of aryl methyl sites for hydroxylation is 1. The third-order valence-electron chi connectivity index (χ3n) is 2.58. The standard InChI is InChI=1S/C13H12ClFN2O3S/c1-7-10(13(18)17-21(2,3)19)12(16-20-7)11-8(14)5-4-6-9(11)15/h4-6H,1-3H3. The maximum Gasteiger partial charge on any atom is 0.290 e. The Morgan fingerprint density at radius 3 is 2.67 bits per heavy atom. The van der Waals surface area contributed by atoms with Crippen LogP contribution in [0.15, 0.2) is 27.1 Å². The van der Waals surface area contributed by atoms with Crippen molar-refractivity contribution in [1.29, 1.82) is 0 Å². The number of carbonyl (C=O) groups is 1. The van der Waals surface area contributed by atoms with Gasteiger partial charge in [0.05, 0.1) is 10.6 Å². The van der Waals surface area contributed by atoms with Gasteiger partial charge < -0.3 is 4.52 Å². The van der Waals surface area contributed by atoms with Gasteiger partial charge in [0, 0.05) is 22.2 Å². The molecule has 0 aliphatic heterocycles. The summed E-state index contributed by atoms with van der Waals surface area (Å²) in [5.74, 6) is -1.27. The monoisotopic (exact) mass is 330 g/mol. The predicted molar refractivity (Wildman–Crippen MR) is 78.4 cm³/mol. The van der Waals surface area contributed by atoms with Crippen molar-refractivity contribution in [2.45, 2.75) is 6.92 Å². The van der Waals surface area contributed by atoms with Crippen molar-refractivity contribution in [2.24, 2.45) is 4.36 Å². The molecule has 0 aliphatic rings. The highest BCUT2D eigenvalue weighted by Gasteiger charge is 2.25. The van der Waals surface area contributed by atoms with Crippen LogP contribution in [-0.2, 0) is 9.73 Å². The first-order valence-corrected chi connectivity index (χ1v) is 8.54. The number of hydrogen-bond acceptors (Lipinski definition) is 4. The number of amides is 1. The topological polar surface area (TPSA) is 72.5 Å². The molecule has 1 amide bonds. The summed E-state index contributed by atoms with van der Waals surface area (Å²) in [4.78, 5) is 12.1. The second kappa shape index (κ2) is 5.57. The number of benzene rings is 1. The fraction of sp³-hybridized carbons (Fsp3) is 0.231. The number of carbonyl (C=O) groups excluding carboxylic acids is 1. The lowest BCUT2D eigenvalue weighted by Crippen LogP contribution is -2.04.